The first-order chi connectivity index (χ1) is 12.1. The summed E-state index contributed by atoms with van der Waals surface area (Å²) in [5, 5.41) is 0. The highest BCUT2D eigenvalue weighted by Crippen LogP contribution is 2.34. The molecule has 4 aliphatic rings. The molecule has 3 aliphatic heterocycles. The lowest BCUT2D eigenvalue weighted by Gasteiger charge is -2.25. The van der Waals surface area contributed by atoms with Gasteiger partial charge in [0.15, 0.2) is 0 Å². The first-order valence-electron chi connectivity index (χ1n) is 9.57. The Bertz CT molecular complexity index is 635. The predicted molar refractivity (Wildman–Crippen MR) is 97.4 cm³/mol. The van der Waals surface area contributed by atoms with E-state index in [0.29, 0.717) is 11.8 Å². The molecule has 1 saturated carbocycles. The van der Waals surface area contributed by atoms with Crippen molar-refractivity contribution in [2.45, 2.75) is 44.6 Å². The lowest BCUT2D eigenvalue weighted by Crippen LogP contribution is -2.40. The molecule has 0 radical (unpaired) electrons. The minimum Gasteiger partial charge on any atom is -0.368 e. The molecule has 2 N–H and O–H groups in total. The summed E-state index contributed by atoms with van der Waals surface area (Å²) in [6.07, 6.45) is 6.89. The van der Waals surface area contributed by atoms with E-state index in [4.69, 9.17) is 5.73 Å². The molecule has 2 bridgehead atoms. The molecular formula is C20H27N3O2. The van der Waals surface area contributed by atoms with Gasteiger partial charge in [0.05, 0.1) is 0 Å². The van der Waals surface area contributed by atoms with E-state index in [1.165, 1.54) is 25.7 Å². The number of carbonyl (C=O) groups excluding carboxylic acids is 2. The Hall–Kier alpha value is -2.04. The van der Waals surface area contributed by atoms with Crippen LogP contribution < -0.4 is 10.6 Å². The number of fused-ring (bicyclic) bond motifs is 4. The van der Waals surface area contributed by atoms with Crippen LogP contribution in [0.3, 0.4) is 0 Å². The number of benzene rings is 1. The van der Waals surface area contributed by atoms with Gasteiger partial charge >= 0.3 is 0 Å². The Labute approximate surface area is 149 Å². The average Bonchev–Trinajstić information content (AvgIpc) is 2.93. The number of primary amides is 1. The predicted octanol–water partition coefficient (Wildman–Crippen LogP) is 2.40. The Balaban J connectivity index is 1.48. The fourth-order valence-corrected chi connectivity index (χ4v) is 4.81. The fraction of sp³-hybridized carbons (Fsp3) is 0.600. The van der Waals surface area contributed by atoms with E-state index in [9.17, 15) is 9.59 Å². The number of nitrogens with zero attached hydrogens (tertiary/aromatic N) is 2. The molecule has 0 unspecified atom stereocenters. The maximum absolute atomic E-state index is 12.9. The number of amides is 2. The summed E-state index contributed by atoms with van der Waals surface area (Å²) in [4.78, 5) is 28.6. The Morgan fingerprint density at radius 1 is 0.920 bits per heavy atom. The fourth-order valence-electron chi connectivity index (χ4n) is 4.81. The van der Waals surface area contributed by atoms with Crippen LogP contribution in [0.25, 0.3) is 0 Å². The van der Waals surface area contributed by atoms with E-state index in [-0.39, 0.29) is 17.9 Å². The van der Waals surface area contributed by atoms with Crippen molar-refractivity contribution in [2.24, 2.45) is 17.6 Å². The summed E-state index contributed by atoms with van der Waals surface area (Å²) in [6, 6.07) is 7.51. The lowest BCUT2D eigenvalue weighted by atomic mass is 9.84. The van der Waals surface area contributed by atoms with Crippen molar-refractivity contribution in [1.82, 2.24) is 4.90 Å². The molecule has 5 nitrogen and oxygen atoms in total. The zero-order valence-electron chi connectivity index (χ0n) is 14.7. The summed E-state index contributed by atoms with van der Waals surface area (Å²) in [5.41, 5.74) is 7.24. The van der Waals surface area contributed by atoms with Gasteiger partial charge < -0.3 is 15.5 Å². The average molecular weight is 341 g/mol. The van der Waals surface area contributed by atoms with Gasteiger partial charge in [-0.1, -0.05) is 0 Å². The van der Waals surface area contributed by atoms with Crippen molar-refractivity contribution in [3.05, 3.63) is 29.8 Å². The molecule has 3 heterocycles. The molecule has 1 atom stereocenters. The second-order valence-electron chi connectivity index (χ2n) is 7.90. The van der Waals surface area contributed by atoms with E-state index < -0.39 is 0 Å². The zero-order chi connectivity index (χ0) is 17.4. The molecule has 134 valence electrons. The van der Waals surface area contributed by atoms with Crippen LogP contribution in [0.4, 0.5) is 5.69 Å². The first kappa shape index (κ1) is 16.4. The Morgan fingerprint density at radius 3 is 2.08 bits per heavy atom. The van der Waals surface area contributed by atoms with Gasteiger partial charge in [0.2, 0.25) is 5.91 Å². The summed E-state index contributed by atoms with van der Waals surface area (Å²) < 4.78 is 0. The van der Waals surface area contributed by atoms with E-state index in [0.717, 1.165) is 43.7 Å². The maximum atomic E-state index is 12.9. The molecule has 1 aliphatic carbocycles. The smallest absolute Gasteiger partial charge is 0.253 e. The standard InChI is InChI=1S/C20H27N3O2/c21-19(24)18-2-1-11-23(18)17-9-7-16(8-10-17)20(25)22-12-14-3-4-15(13-22)6-5-14/h7-10,14-15,18H,1-6,11-13H2,(H2,21,24)/t14?,15?,18-/m1/s1. The summed E-state index contributed by atoms with van der Waals surface area (Å²) in [6.45, 7) is 2.66. The van der Waals surface area contributed by atoms with Crippen LogP contribution in [0, 0.1) is 11.8 Å². The molecule has 4 fully saturated rings. The van der Waals surface area contributed by atoms with Gasteiger partial charge in [0.25, 0.3) is 5.91 Å². The topological polar surface area (TPSA) is 66.6 Å². The minimum atomic E-state index is -0.266. The van der Waals surface area contributed by atoms with Gasteiger partial charge in [-0.3, -0.25) is 9.59 Å². The van der Waals surface area contributed by atoms with Gasteiger partial charge in [0, 0.05) is 30.9 Å². The highest BCUT2D eigenvalue weighted by Gasteiger charge is 2.32. The molecule has 2 amide bonds. The summed E-state index contributed by atoms with van der Waals surface area (Å²) in [5.74, 6) is 1.25. The molecule has 1 aromatic rings. The highest BCUT2D eigenvalue weighted by atomic mass is 16.2. The number of hydrogen-bond acceptors (Lipinski definition) is 3. The van der Waals surface area contributed by atoms with Gasteiger partial charge in [-0.25, -0.2) is 0 Å². The Kier molecular flexibility index (Phi) is 4.40. The van der Waals surface area contributed by atoms with Crippen LogP contribution in [0.2, 0.25) is 0 Å². The largest absolute Gasteiger partial charge is 0.368 e. The number of hydrogen-bond donors (Lipinski definition) is 1. The second-order valence-corrected chi connectivity index (χ2v) is 7.90. The van der Waals surface area contributed by atoms with Crippen LogP contribution in [0.1, 0.15) is 48.9 Å². The Morgan fingerprint density at radius 2 is 1.52 bits per heavy atom. The number of carbonyl (C=O) groups is 2. The molecule has 0 spiro atoms. The third-order valence-electron chi connectivity index (χ3n) is 6.24. The maximum Gasteiger partial charge on any atom is 0.253 e. The van der Waals surface area contributed by atoms with Crippen molar-refractivity contribution in [2.75, 3.05) is 24.5 Å². The summed E-state index contributed by atoms with van der Waals surface area (Å²) in [7, 11) is 0. The molecule has 5 heteroatoms. The van der Waals surface area contributed by atoms with Crippen molar-refractivity contribution in [1.29, 1.82) is 0 Å². The number of anilines is 1. The van der Waals surface area contributed by atoms with E-state index in [1.54, 1.807) is 0 Å². The van der Waals surface area contributed by atoms with Gasteiger partial charge in [-0.15, -0.1) is 0 Å². The van der Waals surface area contributed by atoms with Crippen molar-refractivity contribution < 1.29 is 9.59 Å². The molecule has 3 saturated heterocycles. The normalized spacial score (nSPS) is 28.9. The molecular weight excluding hydrogens is 314 g/mol. The first-order valence-corrected chi connectivity index (χ1v) is 9.57. The minimum absolute atomic E-state index is 0.151. The second kappa shape index (κ2) is 6.70. The van der Waals surface area contributed by atoms with Crippen LogP contribution in [-0.2, 0) is 4.79 Å². The van der Waals surface area contributed by atoms with Crippen molar-refractivity contribution >= 4 is 17.5 Å². The van der Waals surface area contributed by atoms with E-state index in [2.05, 4.69) is 9.80 Å². The third-order valence-corrected chi connectivity index (χ3v) is 6.24. The SMILES string of the molecule is NC(=O)[C@H]1CCCN1c1ccc(C(=O)N2CC3CCC(CC3)C2)cc1. The van der Waals surface area contributed by atoms with Gasteiger partial charge in [-0.05, 0) is 74.6 Å². The van der Waals surface area contributed by atoms with Gasteiger partial charge in [-0.2, -0.15) is 0 Å². The van der Waals surface area contributed by atoms with Crippen molar-refractivity contribution in [3.8, 4) is 0 Å². The number of nitrogens with two attached hydrogens (primary N) is 1. The van der Waals surface area contributed by atoms with Crippen LogP contribution >= 0.6 is 0 Å². The molecule has 25 heavy (non-hydrogen) atoms. The summed E-state index contributed by atoms with van der Waals surface area (Å²) >= 11 is 0. The van der Waals surface area contributed by atoms with Crippen molar-refractivity contribution in [3.63, 3.8) is 0 Å². The highest BCUT2D eigenvalue weighted by molar-refractivity contribution is 5.94. The quantitative estimate of drug-likeness (QED) is 0.918. The molecule has 5 rings (SSSR count). The van der Waals surface area contributed by atoms with E-state index in [1.807, 2.05) is 24.3 Å². The zero-order valence-corrected chi connectivity index (χ0v) is 14.7. The molecule has 0 aromatic heterocycles. The third kappa shape index (κ3) is 3.24. The molecule has 1 aromatic carbocycles. The van der Waals surface area contributed by atoms with Crippen LogP contribution in [-0.4, -0.2) is 42.4 Å². The van der Waals surface area contributed by atoms with Gasteiger partial charge in [0.1, 0.15) is 6.04 Å². The number of rotatable bonds is 3. The van der Waals surface area contributed by atoms with E-state index >= 15 is 0 Å². The monoisotopic (exact) mass is 341 g/mol. The van der Waals surface area contributed by atoms with Crippen LogP contribution in [0.15, 0.2) is 24.3 Å². The lowest BCUT2D eigenvalue weighted by molar-refractivity contribution is -0.119. The van der Waals surface area contributed by atoms with Crippen LogP contribution in [0.5, 0.6) is 0 Å².